The summed E-state index contributed by atoms with van der Waals surface area (Å²) >= 11 is 1.61. The molecule has 2 aromatic rings. The van der Waals surface area contributed by atoms with Gasteiger partial charge in [-0.1, -0.05) is 0 Å². The Morgan fingerprint density at radius 1 is 1.62 bits per heavy atom. The lowest BCUT2D eigenvalue weighted by atomic mass is 10.2. The first-order chi connectivity index (χ1) is 10.1. The number of hydrogen-bond acceptors (Lipinski definition) is 4. The molecule has 0 aliphatic heterocycles. The van der Waals surface area contributed by atoms with Crippen molar-refractivity contribution in [2.45, 2.75) is 45.3 Å². The quantitative estimate of drug-likeness (QED) is 0.920. The minimum absolute atomic E-state index is 0.0348. The Bertz CT molecular complexity index is 604. The molecular formula is C15H19N3O2S. The molecule has 0 unspecified atom stereocenters. The molecule has 2 amide bonds. The number of nitrogens with zero attached hydrogens (tertiary/aromatic N) is 2. The first-order valence-corrected chi connectivity index (χ1v) is 7.97. The Kier molecular flexibility index (Phi) is 3.96. The average Bonchev–Trinajstić information content (AvgIpc) is 2.99. The van der Waals surface area contributed by atoms with Crippen LogP contribution in [0.3, 0.4) is 0 Å². The summed E-state index contributed by atoms with van der Waals surface area (Å²) < 4.78 is 5.44. The van der Waals surface area contributed by atoms with Crippen molar-refractivity contribution in [3.05, 3.63) is 40.2 Å². The Hall–Kier alpha value is -1.82. The van der Waals surface area contributed by atoms with Gasteiger partial charge in [0.15, 0.2) is 0 Å². The van der Waals surface area contributed by atoms with Gasteiger partial charge in [-0.25, -0.2) is 9.78 Å². The lowest BCUT2D eigenvalue weighted by Gasteiger charge is -2.28. The highest BCUT2D eigenvalue weighted by Crippen LogP contribution is 2.34. The normalized spacial score (nSPS) is 15.7. The molecule has 3 rings (SSSR count). The molecule has 0 aromatic carbocycles. The fraction of sp³-hybridized carbons (Fsp3) is 0.467. The maximum Gasteiger partial charge on any atom is 0.318 e. The number of furan rings is 1. The van der Waals surface area contributed by atoms with Crippen molar-refractivity contribution in [1.29, 1.82) is 0 Å². The van der Waals surface area contributed by atoms with Crippen LogP contribution in [0, 0.1) is 6.92 Å². The summed E-state index contributed by atoms with van der Waals surface area (Å²) in [6.45, 7) is 4.50. The lowest BCUT2D eigenvalue weighted by molar-refractivity contribution is 0.166. The number of hydrogen-bond donors (Lipinski definition) is 1. The summed E-state index contributed by atoms with van der Waals surface area (Å²) in [7, 11) is 0. The van der Waals surface area contributed by atoms with Gasteiger partial charge < -0.3 is 14.6 Å². The summed E-state index contributed by atoms with van der Waals surface area (Å²) in [6, 6.07) is 4.02. The number of aryl methyl sites for hydroxylation is 1. The molecule has 1 atom stereocenters. The van der Waals surface area contributed by atoms with E-state index in [0.29, 0.717) is 12.6 Å². The zero-order valence-corrected chi connectivity index (χ0v) is 13.0. The zero-order valence-electron chi connectivity index (χ0n) is 12.2. The second-order valence-electron chi connectivity index (χ2n) is 5.33. The molecule has 2 heterocycles. The van der Waals surface area contributed by atoms with Gasteiger partial charge in [0.2, 0.25) is 0 Å². The Morgan fingerprint density at radius 3 is 3.00 bits per heavy atom. The maximum absolute atomic E-state index is 12.5. The van der Waals surface area contributed by atoms with Crippen LogP contribution in [0.5, 0.6) is 0 Å². The van der Waals surface area contributed by atoms with Crippen LogP contribution in [0.25, 0.3) is 0 Å². The molecule has 0 spiro atoms. The number of nitrogens with one attached hydrogen (secondary N) is 1. The molecule has 6 heteroatoms. The molecular weight excluding hydrogens is 286 g/mol. The fourth-order valence-electron chi connectivity index (χ4n) is 2.42. The van der Waals surface area contributed by atoms with E-state index < -0.39 is 0 Å². The van der Waals surface area contributed by atoms with Crippen molar-refractivity contribution in [2.75, 3.05) is 0 Å². The van der Waals surface area contributed by atoms with Crippen LogP contribution in [0.1, 0.15) is 41.5 Å². The monoisotopic (exact) mass is 305 g/mol. The lowest BCUT2D eigenvalue weighted by Crippen LogP contribution is -2.42. The van der Waals surface area contributed by atoms with E-state index in [1.165, 1.54) is 0 Å². The Balaban J connectivity index is 1.65. The standard InChI is InChI=1S/C15H19N3O2S/c1-10(14-4-3-7-20-14)18(12-5-6-12)15(19)17-9-13-8-16-11(2)21-13/h3-4,7-8,10,12H,5-6,9H2,1-2H3,(H,17,19)/t10-/m0/s1. The summed E-state index contributed by atoms with van der Waals surface area (Å²) in [5.74, 6) is 0.825. The van der Waals surface area contributed by atoms with E-state index >= 15 is 0 Å². The SMILES string of the molecule is Cc1ncc(CNC(=O)N(C2CC2)[C@@H](C)c2ccco2)s1. The number of thiazole rings is 1. The maximum atomic E-state index is 12.5. The molecule has 0 bridgehead atoms. The highest BCUT2D eigenvalue weighted by Gasteiger charge is 2.37. The van der Waals surface area contributed by atoms with Gasteiger partial charge in [-0.05, 0) is 38.8 Å². The predicted octanol–water partition coefficient (Wildman–Crippen LogP) is 3.48. The smallest absolute Gasteiger partial charge is 0.318 e. The summed E-state index contributed by atoms with van der Waals surface area (Å²) in [5, 5.41) is 4.01. The van der Waals surface area contributed by atoms with Crippen molar-refractivity contribution in [1.82, 2.24) is 15.2 Å². The number of carbonyl (C=O) groups is 1. The van der Waals surface area contributed by atoms with Crippen LogP contribution in [0.2, 0.25) is 0 Å². The van der Waals surface area contributed by atoms with Gasteiger partial charge in [0, 0.05) is 17.1 Å². The third kappa shape index (κ3) is 3.26. The van der Waals surface area contributed by atoms with Crippen molar-refractivity contribution < 1.29 is 9.21 Å². The molecule has 1 fully saturated rings. The van der Waals surface area contributed by atoms with Crippen LogP contribution in [0.15, 0.2) is 29.0 Å². The molecule has 5 nitrogen and oxygen atoms in total. The molecule has 112 valence electrons. The largest absolute Gasteiger partial charge is 0.467 e. The van der Waals surface area contributed by atoms with Gasteiger partial charge in [0.05, 0.1) is 23.9 Å². The van der Waals surface area contributed by atoms with Gasteiger partial charge >= 0.3 is 6.03 Å². The number of rotatable bonds is 5. The Morgan fingerprint density at radius 2 is 2.43 bits per heavy atom. The van der Waals surface area contributed by atoms with Crippen LogP contribution in [0.4, 0.5) is 4.79 Å². The van der Waals surface area contributed by atoms with Crippen molar-refractivity contribution >= 4 is 17.4 Å². The molecule has 21 heavy (non-hydrogen) atoms. The van der Waals surface area contributed by atoms with Crippen molar-refractivity contribution in [3.63, 3.8) is 0 Å². The molecule has 0 saturated heterocycles. The van der Waals surface area contributed by atoms with Crippen LogP contribution in [-0.2, 0) is 6.54 Å². The topological polar surface area (TPSA) is 58.4 Å². The average molecular weight is 305 g/mol. The number of urea groups is 1. The summed E-state index contributed by atoms with van der Waals surface area (Å²) in [4.78, 5) is 19.7. The van der Waals surface area contributed by atoms with Crippen LogP contribution >= 0.6 is 11.3 Å². The third-order valence-electron chi connectivity index (χ3n) is 3.63. The highest BCUT2D eigenvalue weighted by molar-refractivity contribution is 7.11. The number of carbonyl (C=O) groups excluding carboxylic acids is 1. The molecule has 1 N–H and O–H groups in total. The van der Waals surface area contributed by atoms with E-state index in [1.807, 2.05) is 37.1 Å². The first kappa shape index (κ1) is 14.1. The molecule has 1 saturated carbocycles. The number of aromatic nitrogens is 1. The van der Waals surface area contributed by atoms with E-state index in [0.717, 1.165) is 28.5 Å². The van der Waals surface area contributed by atoms with Gasteiger partial charge in [-0.15, -0.1) is 11.3 Å². The van der Waals surface area contributed by atoms with Crippen LogP contribution in [-0.4, -0.2) is 22.0 Å². The molecule has 2 aromatic heterocycles. The summed E-state index contributed by atoms with van der Waals surface area (Å²) in [5.41, 5.74) is 0. The first-order valence-electron chi connectivity index (χ1n) is 7.16. The van der Waals surface area contributed by atoms with Gasteiger partial charge in [0.25, 0.3) is 0 Å². The predicted molar refractivity (Wildman–Crippen MR) is 81.1 cm³/mol. The van der Waals surface area contributed by atoms with E-state index in [-0.39, 0.29) is 12.1 Å². The van der Waals surface area contributed by atoms with Crippen molar-refractivity contribution in [2.24, 2.45) is 0 Å². The molecule has 0 radical (unpaired) electrons. The van der Waals surface area contributed by atoms with E-state index in [1.54, 1.807) is 17.6 Å². The van der Waals surface area contributed by atoms with Gasteiger partial charge in [-0.2, -0.15) is 0 Å². The zero-order chi connectivity index (χ0) is 14.8. The van der Waals surface area contributed by atoms with E-state index in [4.69, 9.17) is 4.42 Å². The van der Waals surface area contributed by atoms with E-state index in [2.05, 4.69) is 10.3 Å². The second-order valence-corrected chi connectivity index (χ2v) is 6.65. The summed E-state index contributed by atoms with van der Waals surface area (Å²) in [6.07, 6.45) is 5.60. The van der Waals surface area contributed by atoms with Gasteiger partial charge in [-0.3, -0.25) is 0 Å². The Labute approximate surface area is 128 Å². The fourth-order valence-corrected chi connectivity index (χ4v) is 3.15. The number of amides is 2. The van der Waals surface area contributed by atoms with Gasteiger partial charge in [0.1, 0.15) is 5.76 Å². The van der Waals surface area contributed by atoms with Crippen molar-refractivity contribution in [3.8, 4) is 0 Å². The van der Waals surface area contributed by atoms with E-state index in [9.17, 15) is 4.79 Å². The third-order valence-corrected chi connectivity index (χ3v) is 4.54. The molecule has 1 aliphatic rings. The second kappa shape index (κ2) is 5.89. The minimum Gasteiger partial charge on any atom is -0.467 e. The minimum atomic E-state index is -0.0457. The highest BCUT2D eigenvalue weighted by atomic mass is 32.1. The van der Waals surface area contributed by atoms with Crippen LogP contribution < -0.4 is 5.32 Å². The molecule has 1 aliphatic carbocycles.